The molecular weight excluding hydrogens is 1960 g/mol. The number of halogens is 6. The minimum atomic E-state index is -0.721. The highest BCUT2D eigenvalue weighted by Crippen LogP contribution is 2.51. The number of benzene rings is 3. The van der Waals surface area contributed by atoms with Gasteiger partial charge in [0.1, 0.15) is 40.7 Å². The van der Waals surface area contributed by atoms with Crippen molar-refractivity contribution in [1.82, 2.24) is 104 Å². The number of nitrogens with zero attached hydrogens (tertiary/aromatic N) is 25. The minimum Gasteiger partial charge on any atom is -0.507 e. The summed E-state index contributed by atoms with van der Waals surface area (Å²) in [6.45, 7) is 49.5. The fourth-order valence-electron chi connectivity index (χ4n) is 20.8. The summed E-state index contributed by atoms with van der Waals surface area (Å²) < 4.78 is 50.5. The fraction of sp³-hybridized carbons (Fsp3) is 0.444. The number of carbonyl (C=O) groups excluding carboxylic acids is 3. The first-order valence-corrected chi connectivity index (χ1v) is 52.3. The van der Waals surface area contributed by atoms with Crippen LogP contribution in [0.25, 0.3) is 83.9 Å². The van der Waals surface area contributed by atoms with E-state index in [-0.39, 0.29) is 161 Å². The van der Waals surface area contributed by atoms with E-state index in [2.05, 4.69) is 62.0 Å². The second kappa shape index (κ2) is 43.5. The van der Waals surface area contributed by atoms with Gasteiger partial charge in [0.15, 0.2) is 16.9 Å². The number of piperazine rings is 6. The van der Waals surface area contributed by atoms with Crippen molar-refractivity contribution < 1.29 is 32.7 Å². The van der Waals surface area contributed by atoms with E-state index < -0.39 is 34.5 Å². The molecule has 0 spiro atoms. The number of anilines is 7. The molecule has 0 bridgehead atoms. The van der Waals surface area contributed by atoms with Gasteiger partial charge in [-0.1, -0.05) is 134 Å². The van der Waals surface area contributed by atoms with Crippen LogP contribution in [0.1, 0.15) is 185 Å². The molecule has 15 heterocycles. The SMILES string of the molecule is C=CC(=O)N1CCN(c2nc(=O)n(-c3c(C4CC4)nc(N4CCN(C)CC4)nc3C3CC3)c3nc(-c4c(N)cccc4F)c(Cl)cc23)[C@@H](C)C1.C=CC(=O)N1C[C@H](C)N(c2nc(=O)n(-c3c(C(C)C)nc(N4CCNCC4)nc3C(C)C)c3nc(-c4c(O)cccc4F)c(Cl)cc23)C[C@H]1C.C=CC(=O)N1C[C@H](C)N(c2nc(=O)n(-c3c(C(C)C)nc(N4CCNCC4)nc3C(C)C)c3nc(-c4ccccc4F)c(Cl)cc23)C[C@H]1C. The minimum absolute atomic E-state index is 0.0292. The lowest BCUT2D eigenvalue weighted by atomic mass is 10.0. The van der Waals surface area contributed by atoms with E-state index in [0.717, 1.165) is 116 Å². The zero-order valence-corrected chi connectivity index (χ0v) is 88.7. The van der Waals surface area contributed by atoms with Gasteiger partial charge in [0.05, 0.1) is 111 Å². The molecule has 9 aromatic heterocycles. The molecule has 782 valence electrons. The van der Waals surface area contributed by atoms with Crippen molar-refractivity contribution >= 4 is 127 Å². The highest BCUT2D eigenvalue weighted by molar-refractivity contribution is 6.35. The predicted molar refractivity (Wildman–Crippen MR) is 580 cm³/mol. The lowest BCUT2D eigenvalue weighted by Gasteiger charge is -2.44. The Kier molecular flexibility index (Phi) is 30.7. The van der Waals surface area contributed by atoms with Crippen molar-refractivity contribution in [2.75, 3.05) is 167 Å². The third-order valence-electron chi connectivity index (χ3n) is 29.0. The van der Waals surface area contributed by atoms with E-state index in [0.29, 0.717) is 137 Å². The maximum absolute atomic E-state index is 15.4. The molecular formula is C108H126Cl3F3N28O7. The normalized spacial score (nSPS) is 19.0. The average Bonchev–Trinajstić information content (AvgIpc) is 1.14. The number of aromatic hydroxyl groups is 1. The molecule has 5 N–H and O–H groups in total. The van der Waals surface area contributed by atoms with Crippen LogP contribution in [0.3, 0.4) is 0 Å². The molecule has 6 aliphatic heterocycles. The summed E-state index contributed by atoms with van der Waals surface area (Å²) in [5.41, 5.74) is 11.8. The number of aromatic nitrogens is 15. The summed E-state index contributed by atoms with van der Waals surface area (Å²) in [4.78, 5) is 161. The number of rotatable bonds is 21. The van der Waals surface area contributed by atoms with E-state index in [9.17, 15) is 33.9 Å². The van der Waals surface area contributed by atoms with Gasteiger partial charge < -0.3 is 70.5 Å². The lowest BCUT2D eigenvalue weighted by molar-refractivity contribution is -0.129. The summed E-state index contributed by atoms with van der Waals surface area (Å²) in [6, 6.07) is 18.7. The summed E-state index contributed by atoms with van der Waals surface area (Å²) in [5, 5.41) is 19.4. The summed E-state index contributed by atoms with van der Waals surface area (Å²) in [7, 11) is 2.12. The zero-order valence-electron chi connectivity index (χ0n) is 86.4. The molecule has 0 radical (unpaired) electrons. The summed E-state index contributed by atoms with van der Waals surface area (Å²) in [6.07, 6.45) is 7.74. The first-order chi connectivity index (χ1) is 71.3. The molecule has 20 rings (SSSR count). The lowest BCUT2D eigenvalue weighted by Crippen LogP contribution is -2.58. The van der Waals surface area contributed by atoms with Crippen molar-refractivity contribution in [1.29, 1.82) is 0 Å². The number of pyridine rings is 3. The molecule has 41 heteroatoms. The van der Waals surface area contributed by atoms with E-state index >= 15 is 13.2 Å². The monoisotopic (exact) mass is 2090 g/mol. The van der Waals surface area contributed by atoms with Crippen LogP contribution in [0.4, 0.5) is 54.2 Å². The number of likely N-dealkylation sites (N-methyl/N-ethyl adjacent to an activating group) is 1. The van der Waals surface area contributed by atoms with Crippen molar-refractivity contribution in [2.24, 2.45) is 0 Å². The number of fused-ring (bicyclic) bond motifs is 3. The number of nitrogens with one attached hydrogen (secondary N) is 2. The van der Waals surface area contributed by atoms with Gasteiger partial charge in [0.2, 0.25) is 35.6 Å². The number of carbonyl (C=O) groups is 3. The molecule has 12 aromatic rings. The van der Waals surface area contributed by atoms with Crippen LogP contribution in [-0.2, 0) is 14.4 Å². The second-order valence-electron chi connectivity index (χ2n) is 41.0. The van der Waals surface area contributed by atoms with Crippen LogP contribution in [0.5, 0.6) is 5.75 Å². The Morgan fingerprint density at radius 2 is 0.785 bits per heavy atom. The molecule has 8 fully saturated rings. The molecule has 6 saturated heterocycles. The topological polar surface area (TPSA) is 375 Å². The number of nitrogen functional groups attached to an aromatic ring is 1. The van der Waals surface area contributed by atoms with Crippen molar-refractivity contribution in [3.63, 3.8) is 0 Å². The van der Waals surface area contributed by atoms with Gasteiger partial charge in [0, 0.05) is 178 Å². The maximum atomic E-state index is 15.4. The van der Waals surface area contributed by atoms with Crippen LogP contribution in [-0.4, -0.2) is 278 Å². The van der Waals surface area contributed by atoms with E-state index in [1.807, 2.05) is 105 Å². The van der Waals surface area contributed by atoms with E-state index in [1.54, 1.807) is 57.2 Å². The molecule has 5 atom stereocenters. The van der Waals surface area contributed by atoms with Gasteiger partial charge in [-0.15, -0.1) is 0 Å². The fourth-order valence-corrected chi connectivity index (χ4v) is 21.5. The molecule has 3 amide bonds. The van der Waals surface area contributed by atoms with Gasteiger partial charge >= 0.3 is 17.1 Å². The van der Waals surface area contributed by atoms with Crippen LogP contribution in [0, 0.1) is 17.5 Å². The average molecular weight is 2090 g/mol. The van der Waals surface area contributed by atoms with Crippen LogP contribution >= 0.6 is 34.8 Å². The highest BCUT2D eigenvalue weighted by atomic mass is 35.5. The smallest absolute Gasteiger partial charge is 0.355 e. The van der Waals surface area contributed by atoms with Crippen LogP contribution < -0.4 is 62.8 Å². The summed E-state index contributed by atoms with van der Waals surface area (Å²) in [5.74, 6) is 0.327. The number of phenols is 1. The van der Waals surface area contributed by atoms with Crippen LogP contribution in [0.15, 0.2) is 131 Å². The number of amides is 3. The first-order valence-electron chi connectivity index (χ1n) is 51.2. The van der Waals surface area contributed by atoms with Gasteiger partial charge in [0.25, 0.3) is 0 Å². The van der Waals surface area contributed by atoms with Gasteiger partial charge in [-0.25, -0.2) is 86.1 Å². The van der Waals surface area contributed by atoms with Gasteiger partial charge in [-0.05, 0) is 164 Å². The van der Waals surface area contributed by atoms with Crippen molar-refractivity contribution in [3.8, 4) is 56.6 Å². The van der Waals surface area contributed by atoms with E-state index in [4.69, 9.17) is 95.4 Å². The number of hydrogen-bond donors (Lipinski definition) is 4. The van der Waals surface area contributed by atoms with E-state index in [1.165, 1.54) is 68.3 Å². The number of hydrogen-bond acceptors (Lipinski definition) is 29. The molecule has 8 aliphatic rings. The van der Waals surface area contributed by atoms with Gasteiger partial charge in [-0.3, -0.25) is 14.4 Å². The Balaban J connectivity index is 0.000000146. The van der Waals surface area contributed by atoms with Crippen molar-refractivity contribution in [3.05, 3.63) is 215 Å². The molecule has 35 nitrogen and oxygen atoms in total. The Hall–Kier alpha value is -13.7. The summed E-state index contributed by atoms with van der Waals surface area (Å²) >= 11 is 20.7. The Labute approximate surface area is 877 Å². The number of nitrogens with two attached hydrogens (primary N) is 1. The largest absolute Gasteiger partial charge is 0.507 e. The third-order valence-corrected chi connectivity index (χ3v) is 29.9. The van der Waals surface area contributed by atoms with Crippen LogP contribution in [0.2, 0.25) is 15.1 Å². The number of phenolic OH excluding ortho intramolecular Hbond substituents is 1. The molecule has 0 unspecified atom stereocenters. The molecule has 149 heavy (non-hydrogen) atoms. The molecule has 3 aromatic carbocycles. The highest BCUT2D eigenvalue weighted by Gasteiger charge is 2.43. The second-order valence-corrected chi connectivity index (χ2v) is 42.3. The third kappa shape index (κ3) is 20.8. The Bertz CT molecular complexity index is 7330. The molecule has 2 saturated carbocycles. The predicted octanol–water partition coefficient (Wildman–Crippen LogP) is 14.6. The Morgan fingerprint density at radius 1 is 0.416 bits per heavy atom. The van der Waals surface area contributed by atoms with Gasteiger partial charge in [-0.2, -0.15) is 15.0 Å². The Morgan fingerprint density at radius 3 is 1.19 bits per heavy atom. The molecule has 2 aliphatic carbocycles. The quantitative estimate of drug-likeness (QED) is 0.0383. The maximum Gasteiger partial charge on any atom is 0.355 e. The zero-order chi connectivity index (χ0) is 106. The van der Waals surface area contributed by atoms with Crippen molar-refractivity contribution in [2.45, 2.75) is 181 Å². The standard InChI is InChI=1S/C36H40ClFN10O2.C36H43ClFN9O3.C36H43ClFN9O2/c1-4-27(49)46-16-17-47(20(2)19-46)33-23-18-24(37)31(28-25(38)6-5-7-26(28)39)40-34(23)48(36(50)43-33)32-29(21-8-9-21)41-35(42-30(32)22-10-11-22)45-14-12-44(3)13-15-45;1-8-27(49)45-17-22(7)46(18-21(45)6)33-23-16-24(37)31(28-25(38)10-9-11-26(28)48)40-34(23)47(36(50)43-33)32-29(19(2)3)41-35(42-30(32)20(4)5)44-14-12-39-13-15-44;1-8-28(48)45-18-23(7)46(19-22(45)6)33-25-17-26(37)31(24-11-9-10-12-27(24)38)40-34(25)47(36(49)43-33)32-29(20(2)3)41-35(42-30(32)21(4)5)44-15-13-39-14-16-44/h4-7,18,20-22H,1,8-17,19,39H2,2-3H3;8-11,16,19-22,39,48H,1,12-15,17-18H2,2-7H3;8-12,17,20-23,39H,1,13-16,18-19H2,2-7H3/t20-;21-,22+;22-,23+/m011/s1. The first kappa shape index (κ1) is 105.